The maximum Gasteiger partial charge on any atom is 0.349 e. The van der Waals surface area contributed by atoms with E-state index in [2.05, 4.69) is 30.8 Å². The Morgan fingerprint density at radius 3 is 2.79 bits per heavy atom. The highest BCUT2D eigenvalue weighted by molar-refractivity contribution is 9.10. The number of thioether (sulfide) groups is 1. The molecule has 3 heterocycles. The molecule has 8 heteroatoms. The van der Waals surface area contributed by atoms with E-state index in [1.165, 1.54) is 0 Å². The molecule has 2 aromatic carbocycles. The summed E-state index contributed by atoms with van der Waals surface area (Å²) in [4.78, 5) is 29.4. The molecule has 6 nitrogen and oxygen atoms in total. The third-order valence-corrected chi connectivity index (χ3v) is 6.14. The first-order chi connectivity index (χ1) is 14.1. The van der Waals surface area contributed by atoms with E-state index in [0.29, 0.717) is 16.7 Å². The van der Waals surface area contributed by atoms with Crippen molar-refractivity contribution in [1.82, 2.24) is 9.55 Å². The molecule has 0 radical (unpaired) electrons. The number of imidazole rings is 1. The first-order valence-corrected chi connectivity index (χ1v) is 10.7. The molecule has 29 heavy (non-hydrogen) atoms. The third kappa shape index (κ3) is 3.49. The third-order valence-electron chi connectivity index (χ3n) is 4.68. The van der Waals surface area contributed by atoms with Crippen LogP contribution in [0.2, 0.25) is 0 Å². The van der Waals surface area contributed by atoms with Crippen molar-refractivity contribution in [3.8, 4) is 11.3 Å². The van der Waals surface area contributed by atoms with Crippen molar-refractivity contribution in [2.24, 2.45) is 0 Å². The Balaban J connectivity index is 1.38. The van der Waals surface area contributed by atoms with Gasteiger partial charge in [-0.2, -0.15) is 0 Å². The predicted molar refractivity (Wildman–Crippen MR) is 117 cm³/mol. The maximum atomic E-state index is 12.6. The van der Waals surface area contributed by atoms with Crippen LogP contribution >= 0.6 is 27.7 Å². The van der Waals surface area contributed by atoms with E-state index in [4.69, 9.17) is 4.42 Å². The number of nitrogens with one attached hydrogen (secondary N) is 1. The summed E-state index contributed by atoms with van der Waals surface area (Å²) in [5.41, 5.74) is 2.20. The summed E-state index contributed by atoms with van der Waals surface area (Å²) >= 11 is 5.13. The van der Waals surface area contributed by atoms with Crippen molar-refractivity contribution in [2.45, 2.75) is 11.7 Å². The van der Waals surface area contributed by atoms with Gasteiger partial charge in [0.05, 0.1) is 5.69 Å². The number of fused-ring (bicyclic) bond motifs is 2. The Kier molecular flexibility index (Phi) is 4.52. The zero-order valence-corrected chi connectivity index (χ0v) is 17.4. The molecule has 1 aliphatic heterocycles. The van der Waals surface area contributed by atoms with E-state index >= 15 is 0 Å². The summed E-state index contributed by atoms with van der Waals surface area (Å²) in [6, 6.07) is 14.2. The van der Waals surface area contributed by atoms with Crippen LogP contribution in [0.4, 0.5) is 5.69 Å². The number of carbonyl (C=O) groups excluding carboxylic acids is 1. The molecule has 1 aliphatic rings. The molecule has 0 atom stereocenters. The van der Waals surface area contributed by atoms with Crippen LogP contribution in [0.15, 0.2) is 73.6 Å². The number of rotatable bonds is 3. The fraction of sp³-hybridized carbons (Fsp3) is 0.0952. The average molecular weight is 468 g/mol. The van der Waals surface area contributed by atoms with Crippen LogP contribution in [-0.4, -0.2) is 21.2 Å². The average Bonchev–Trinajstić information content (AvgIpc) is 3.30. The lowest BCUT2D eigenvalue weighted by Gasteiger charge is -2.06. The van der Waals surface area contributed by atoms with Crippen LogP contribution in [0.1, 0.15) is 10.4 Å². The van der Waals surface area contributed by atoms with Gasteiger partial charge < -0.3 is 14.3 Å². The topological polar surface area (TPSA) is 77.1 Å². The number of hydrogen-bond donors (Lipinski definition) is 1. The Labute approximate surface area is 178 Å². The lowest BCUT2D eigenvalue weighted by atomic mass is 10.1. The lowest BCUT2D eigenvalue weighted by molar-refractivity contribution is 0.102. The van der Waals surface area contributed by atoms with Crippen LogP contribution in [0.25, 0.3) is 22.2 Å². The number of halogens is 1. The van der Waals surface area contributed by atoms with Crippen LogP contribution in [0.5, 0.6) is 0 Å². The predicted octanol–water partition coefficient (Wildman–Crippen LogP) is 4.78. The number of hydrogen-bond acceptors (Lipinski definition) is 5. The van der Waals surface area contributed by atoms with E-state index in [-0.39, 0.29) is 5.56 Å². The zero-order valence-electron chi connectivity index (χ0n) is 15.0. The molecule has 1 N–H and O–H groups in total. The molecule has 144 valence electrons. The largest absolute Gasteiger partial charge is 0.422 e. The van der Waals surface area contributed by atoms with Crippen LogP contribution in [-0.2, 0) is 6.54 Å². The van der Waals surface area contributed by atoms with Crippen molar-refractivity contribution in [2.75, 3.05) is 11.1 Å². The van der Waals surface area contributed by atoms with Gasteiger partial charge in [0, 0.05) is 39.6 Å². The van der Waals surface area contributed by atoms with Crippen molar-refractivity contribution in [3.63, 3.8) is 0 Å². The van der Waals surface area contributed by atoms with Crippen molar-refractivity contribution < 1.29 is 9.21 Å². The number of carbonyl (C=O) groups is 1. The maximum absolute atomic E-state index is 12.6. The second-order valence-corrected chi connectivity index (χ2v) is 8.59. The summed E-state index contributed by atoms with van der Waals surface area (Å²) < 4.78 is 8.25. The molecule has 0 aliphatic carbocycles. The fourth-order valence-electron chi connectivity index (χ4n) is 3.22. The van der Waals surface area contributed by atoms with Gasteiger partial charge in [-0.3, -0.25) is 4.79 Å². The van der Waals surface area contributed by atoms with Gasteiger partial charge >= 0.3 is 5.63 Å². The van der Waals surface area contributed by atoms with Gasteiger partial charge in [-0.15, -0.1) is 0 Å². The van der Waals surface area contributed by atoms with E-state index in [0.717, 1.165) is 33.2 Å². The molecule has 1 amide bonds. The standard InChI is InChI=1S/C21H14BrN3O3S/c22-14-3-6-18-13(9-14)10-16(20(27)28-18)19(26)23-15-4-1-12(2-5-15)17-11-25-7-8-29-21(25)24-17/h1-6,9-11H,7-8H2,(H,23,26). The molecule has 0 fully saturated rings. The minimum absolute atomic E-state index is 0.0396. The normalized spacial score (nSPS) is 12.9. The Morgan fingerprint density at radius 1 is 1.17 bits per heavy atom. The summed E-state index contributed by atoms with van der Waals surface area (Å²) in [6.45, 7) is 0.978. The number of amides is 1. The van der Waals surface area contributed by atoms with E-state index in [9.17, 15) is 9.59 Å². The second-order valence-electron chi connectivity index (χ2n) is 6.61. The van der Waals surface area contributed by atoms with Gasteiger partial charge in [-0.05, 0) is 36.4 Å². The van der Waals surface area contributed by atoms with E-state index in [1.54, 1.807) is 48.2 Å². The molecule has 0 saturated carbocycles. The van der Waals surface area contributed by atoms with E-state index < -0.39 is 11.5 Å². The molecule has 0 spiro atoms. The fourth-order valence-corrected chi connectivity index (χ4v) is 4.55. The van der Waals surface area contributed by atoms with Crippen LogP contribution in [0.3, 0.4) is 0 Å². The number of anilines is 1. The highest BCUT2D eigenvalue weighted by Gasteiger charge is 2.16. The molecule has 0 bridgehead atoms. The number of benzene rings is 2. The number of aromatic nitrogens is 2. The Bertz CT molecular complexity index is 1290. The molecule has 0 unspecified atom stereocenters. The monoisotopic (exact) mass is 467 g/mol. The quantitative estimate of drug-likeness (QED) is 0.438. The summed E-state index contributed by atoms with van der Waals surface area (Å²) in [5.74, 6) is 0.554. The molecule has 2 aromatic heterocycles. The molecular weight excluding hydrogens is 454 g/mol. The highest BCUT2D eigenvalue weighted by atomic mass is 79.9. The van der Waals surface area contributed by atoms with Crippen molar-refractivity contribution in [3.05, 3.63) is 75.2 Å². The first kappa shape index (κ1) is 18.2. The van der Waals surface area contributed by atoms with Gasteiger partial charge in [0.2, 0.25) is 0 Å². The van der Waals surface area contributed by atoms with Gasteiger partial charge in [-0.1, -0.05) is 39.8 Å². The van der Waals surface area contributed by atoms with Gasteiger partial charge in [0.1, 0.15) is 11.1 Å². The molecule has 5 rings (SSSR count). The summed E-state index contributed by atoms with van der Waals surface area (Å²) in [6.07, 6.45) is 2.04. The first-order valence-electron chi connectivity index (χ1n) is 8.92. The smallest absolute Gasteiger partial charge is 0.349 e. The van der Waals surface area contributed by atoms with Crippen LogP contribution < -0.4 is 10.9 Å². The summed E-state index contributed by atoms with van der Waals surface area (Å²) in [7, 11) is 0. The molecule has 4 aromatic rings. The Hall–Kier alpha value is -2.84. The van der Waals surface area contributed by atoms with Crippen molar-refractivity contribution >= 4 is 50.3 Å². The number of aryl methyl sites for hydroxylation is 1. The summed E-state index contributed by atoms with van der Waals surface area (Å²) in [5, 5.41) is 4.46. The minimum Gasteiger partial charge on any atom is -0.422 e. The van der Waals surface area contributed by atoms with Gasteiger partial charge in [0.25, 0.3) is 5.91 Å². The van der Waals surface area contributed by atoms with Gasteiger partial charge in [-0.25, -0.2) is 9.78 Å². The minimum atomic E-state index is -0.668. The highest BCUT2D eigenvalue weighted by Crippen LogP contribution is 2.29. The number of nitrogens with zero attached hydrogens (tertiary/aromatic N) is 2. The molecule has 0 saturated heterocycles. The van der Waals surface area contributed by atoms with Crippen molar-refractivity contribution in [1.29, 1.82) is 0 Å². The Morgan fingerprint density at radius 2 is 2.00 bits per heavy atom. The zero-order chi connectivity index (χ0) is 20.0. The van der Waals surface area contributed by atoms with E-state index in [1.807, 2.05) is 18.3 Å². The lowest BCUT2D eigenvalue weighted by Crippen LogP contribution is -2.20. The molecular formula is C21H14BrN3O3S. The van der Waals surface area contributed by atoms with Crippen LogP contribution in [0, 0.1) is 0 Å². The van der Waals surface area contributed by atoms with Gasteiger partial charge in [0.15, 0.2) is 5.16 Å². The second kappa shape index (κ2) is 7.20. The SMILES string of the molecule is O=C(Nc1ccc(-c2cn3c(n2)SCC3)cc1)c1cc2cc(Br)ccc2oc1=O.